The lowest BCUT2D eigenvalue weighted by molar-refractivity contribution is 0.0793. The molecule has 1 heterocycles. The van der Waals surface area contributed by atoms with Crippen molar-refractivity contribution in [3.63, 3.8) is 0 Å². The monoisotopic (exact) mass is 347 g/mol. The van der Waals surface area contributed by atoms with Gasteiger partial charge in [-0.25, -0.2) is 4.39 Å². The minimum Gasteiger partial charge on any atom is -0.496 e. The molecule has 1 saturated heterocycles. The van der Waals surface area contributed by atoms with Crippen LogP contribution in [-0.2, 0) is 0 Å². The predicted molar refractivity (Wildman–Crippen MR) is 93.3 cm³/mol. The highest BCUT2D eigenvalue weighted by Crippen LogP contribution is 2.36. The Balaban J connectivity index is 2.06. The minimum absolute atomic E-state index is 0.0640. The Hall–Kier alpha value is -2.07. The Kier molecular flexibility index (Phi) is 4.76. The van der Waals surface area contributed by atoms with E-state index in [0.717, 1.165) is 31.5 Å². The number of rotatable bonds is 3. The van der Waals surface area contributed by atoms with Crippen LogP contribution in [0.2, 0.25) is 5.02 Å². The summed E-state index contributed by atoms with van der Waals surface area (Å²) in [6, 6.07) is 7.89. The van der Waals surface area contributed by atoms with E-state index < -0.39 is 5.82 Å². The average molecular weight is 348 g/mol. The van der Waals surface area contributed by atoms with Gasteiger partial charge in [0.2, 0.25) is 0 Å². The SMILES string of the molecule is COc1cc(C)c(Cl)cc1-c1cc(C(=O)N2CCCC2)ccc1F. The van der Waals surface area contributed by atoms with Crippen LogP contribution in [0.5, 0.6) is 5.75 Å². The van der Waals surface area contributed by atoms with Gasteiger partial charge in [-0.15, -0.1) is 0 Å². The zero-order chi connectivity index (χ0) is 17.3. The first kappa shape index (κ1) is 16.8. The molecule has 24 heavy (non-hydrogen) atoms. The van der Waals surface area contributed by atoms with Gasteiger partial charge in [-0.05, 0) is 55.7 Å². The van der Waals surface area contributed by atoms with Crippen LogP contribution in [0.15, 0.2) is 30.3 Å². The molecule has 1 amide bonds. The highest BCUT2D eigenvalue weighted by Gasteiger charge is 2.21. The number of aryl methyl sites for hydroxylation is 1. The molecule has 1 aliphatic heterocycles. The maximum Gasteiger partial charge on any atom is 0.253 e. The number of benzene rings is 2. The van der Waals surface area contributed by atoms with E-state index in [2.05, 4.69) is 0 Å². The smallest absolute Gasteiger partial charge is 0.253 e. The Bertz CT molecular complexity index is 785. The molecule has 3 nitrogen and oxygen atoms in total. The quantitative estimate of drug-likeness (QED) is 0.805. The van der Waals surface area contributed by atoms with Crippen molar-refractivity contribution in [3.8, 4) is 16.9 Å². The summed E-state index contributed by atoms with van der Waals surface area (Å²) in [5, 5.41) is 0.529. The number of ether oxygens (including phenoxy) is 1. The summed E-state index contributed by atoms with van der Waals surface area (Å²) in [6.45, 7) is 3.37. The highest BCUT2D eigenvalue weighted by atomic mass is 35.5. The van der Waals surface area contributed by atoms with Gasteiger partial charge in [0, 0.05) is 34.8 Å². The normalized spacial score (nSPS) is 14.1. The second-order valence-electron chi connectivity index (χ2n) is 6.00. The van der Waals surface area contributed by atoms with Gasteiger partial charge in [-0.2, -0.15) is 0 Å². The molecule has 0 aliphatic carbocycles. The third-order valence-corrected chi connectivity index (χ3v) is 4.78. The lowest BCUT2D eigenvalue weighted by Gasteiger charge is -2.17. The maximum absolute atomic E-state index is 14.4. The standard InChI is InChI=1S/C19H19ClFNO2/c1-12-9-18(24-2)15(11-16(12)20)14-10-13(5-6-17(14)21)19(23)22-7-3-4-8-22/h5-6,9-11H,3-4,7-8H2,1-2H3. The van der Waals surface area contributed by atoms with Crippen LogP contribution in [0.1, 0.15) is 28.8 Å². The number of carbonyl (C=O) groups excluding carboxylic acids is 1. The Morgan fingerprint density at radius 1 is 1.17 bits per heavy atom. The molecule has 0 N–H and O–H groups in total. The van der Waals surface area contributed by atoms with E-state index in [1.807, 2.05) is 6.92 Å². The first-order valence-corrected chi connectivity index (χ1v) is 8.32. The third-order valence-electron chi connectivity index (χ3n) is 4.38. The lowest BCUT2D eigenvalue weighted by Crippen LogP contribution is -2.27. The molecule has 2 aromatic rings. The zero-order valence-electron chi connectivity index (χ0n) is 13.7. The molecular formula is C19H19ClFNO2. The summed E-state index contributed by atoms with van der Waals surface area (Å²) in [4.78, 5) is 14.4. The van der Waals surface area contributed by atoms with Crippen molar-refractivity contribution in [2.75, 3.05) is 20.2 Å². The van der Waals surface area contributed by atoms with Crippen molar-refractivity contribution in [1.29, 1.82) is 0 Å². The molecule has 126 valence electrons. The van der Waals surface area contributed by atoms with Crippen LogP contribution >= 0.6 is 11.6 Å². The molecule has 0 unspecified atom stereocenters. The molecule has 0 atom stereocenters. The molecule has 0 bridgehead atoms. The van der Waals surface area contributed by atoms with Crippen molar-refractivity contribution < 1.29 is 13.9 Å². The van der Waals surface area contributed by atoms with E-state index in [1.54, 1.807) is 23.1 Å². The fraction of sp³-hybridized carbons (Fsp3) is 0.316. The first-order valence-electron chi connectivity index (χ1n) is 7.94. The summed E-state index contributed by atoms with van der Waals surface area (Å²) >= 11 is 6.20. The van der Waals surface area contributed by atoms with Crippen molar-refractivity contribution in [2.24, 2.45) is 0 Å². The number of nitrogens with zero attached hydrogens (tertiary/aromatic N) is 1. The van der Waals surface area contributed by atoms with Crippen LogP contribution in [0, 0.1) is 12.7 Å². The summed E-state index contributed by atoms with van der Waals surface area (Å²) in [6.07, 6.45) is 2.03. The summed E-state index contributed by atoms with van der Waals surface area (Å²) in [5.41, 5.74) is 2.19. The van der Waals surface area contributed by atoms with E-state index >= 15 is 0 Å². The molecular weight excluding hydrogens is 329 g/mol. The molecule has 0 radical (unpaired) electrons. The molecule has 5 heteroatoms. The maximum atomic E-state index is 14.4. The molecule has 2 aromatic carbocycles. The topological polar surface area (TPSA) is 29.5 Å². The van der Waals surface area contributed by atoms with Crippen molar-refractivity contribution in [3.05, 3.63) is 52.3 Å². The summed E-state index contributed by atoms with van der Waals surface area (Å²) in [5.74, 6) is 0.0543. The van der Waals surface area contributed by atoms with E-state index in [4.69, 9.17) is 16.3 Å². The van der Waals surface area contributed by atoms with E-state index in [-0.39, 0.29) is 5.91 Å². The Morgan fingerprint density at radius 3 is 2.54 bits per heavy atom. The fourth-order valence-corrected chi connectivity index (χ4v) is 3.17. The number of hydrogen-bond donors (Lipinski definition) is 0. The van der Waals surface area contributed by atoms with Crippen molar-refractivity contribution in [2.45, 2.75) is 19.8 Å². The van der Waals surface area contributed by atoms with Crippen LogP contribution in [0.3, 0.4) is 0 Å². The van der Waals surface area contributed by atoms with Gasteiger partial charge >= 0.3 is 0 Å². The lowest BCUT2D eigenvalue weighted by atomic mass is 9.99. The van der Waals surface area contributed by atoms with Gasteiger partial charge in [0.1, 0.15) is 11.6 Å². The second kappa shape index (κ2) is 6.81. The van der Waals surface area contributed by atoms with Crippen molar-refractivity contribution >= 4 is 17.5 Å². The molecule has 0 saturated carbocycles. The van der Waals surface area contributed by atoms with Crippen LogP contribution in [0.4, 0.5) is 4.39 Å². The second-order valence-corrected chi connectivity index (χ2v) is 6.40. The van der Waals surface area contributed by atoms with Gasteiger partial charge in [0.15, 0.2) is 0 Å². The zero-order valence-corrected chi connectivity index (χ0v) is 14.5. The van der Waals surface area contributed by atoms with Gasteiger partial charge in [-0.1, -0.05) is 11.6 Å². The fourth-order valence-electron chi connectivity index (χ4n) is 3.00. The summed E-state index contributed by atoms with van der Waals surface area (Å²) < 4.78 is 19.8. The van der Waals surface area contributed by atoms with E-state index in [1.165, 1.54) is 19.2 Å². The minimum atomic E-state index is -0.411. The molecule has 1 fully saturated rings. The summed E-state index contributed by atoms with van der Waals surface area (Å²) in [7, 11) is 1.53. The van der Waals surface area contributed by atoms with Crippen LogP contribution in [-0.4, -0.2) is 31.0 Å². The van der Waals surface area contributed by atoms with Gasteiger partial charge in [0.05, 0.1) is 7.11 Å². The number of hydrogen-bond acceptors (Lipinski definition) is 2. The number of amides is 1. The third kappa shape index (κ3) is 3.11. The molecule has 0 spiro atoms. The number of likely N-dealkylation sites (tertiary alicyclic amines) is 1. The first-order chi connectivity index (χ1) is 11.5. The predicted octanol–water partition coefficient (Wildman–Crippen LogP) is 4.70. The number of methoxy groups -OCH3 is 1. The van der Waals surface area contributed by atoms with Gasteiger partial charge in [-0.3, -0.25) is 4.79 Å². The van der Waals surface area contributed by atoms with Crippen LogP contribution in [0.25, 0.3) is 11.1 Å². The molecule has 3 rings (SSSR count). The van der Waals surface area contributed by atoms with E-state index in [0.29, 0.717) is 27.5 Å². The van der Waals surface area contributed by atoms with Crippen molar-refractivity contribution in [1.82, 2.24) is 4.90 Å². The average Bonchev–Trinajstić information content (AvgIpc) is 3.11. The molecule has 1 aliphatic rings. The highest BCUT2D eigenvalue weighted by molar-refractivity contribution is 6.31. The molecule has 0 aromatic heterocycles. The Morgan fingerprint density at radius 2 is 1.88 bits per heavy atom. The number of carbonyl (C=O) groups is 1. The van der Waals surface area contributed by atoms with E-state index in [9.17, 15) is 9.18 Å². The van der Waals surface area contributed by atoms with Gasteiger partial charge < -0.3 is 9.64 Å². The largest absolute Gasteiger partial charge is 0.496 e. The Labute approximate surface area is 146 Å². The number of halogens is 2. The van der Waals surface area contributed by atoms with Crippen LogP contribution < -0.4 is 4.74 Å². The van der Waals surface area contributed by atoms with Gasteiger partial charge in [0.25, 0.3) is 5.91 Å².